The van der Waals surface area contributed by atoms with Crippen molar-refractivity contribution in [1.82, 2.24) is 14.9 Å². The highest BCUT2D eigenvalue weighted by Gasteiger charge is 2.42. The number of phenolic OH excluding ortho intramolecular Hbond substituents is 1. The summed E-state index contributed by atoms with van der Waals surface area (Å²) in [6, 6.07) is 7.61. The molecule has 2 fully saturated rings. The first-order chi connectivity index (χ1) is 12.2. The van der Waals surface area contributed by atoms with Crippen LogP contribution in [0.5, 0.6) is 11.6 Å². The fraction of sp³-hybridized carbons (Fsp3) is 0.500. The number of hydrogen-bond donors (Lipinski definition) is 1. The van der Waals surface area contributed by atoms with Gasteiger partial charge in [0.25, 0.3) is 0 Å². The van der Waals surface area contributed by atoms with E-state index in [4.69, 9.17) is 4.74 Å². The van der Waals surface area contributed by atoms with E-state index in [0.29, 0.717) is 17.5 Å². The molecule has 2 aromatic rings. The van der Waals surface area contributed by atoms with Crippen molar-refractivity contribution in [3.63, 3.8) is 0 Å². The Hall–Kier alpha value is -2.14. The van der Waals surface area contributed by atoms with Crippen LogP contribution in [-0.4, -0.2) is 45.7 Å². The molecule has 5 nitrogen and oxygen atoms in total. The van der Waals surface area contributed by atoms with Gasteiger partial charge in [0.15, 0.2) is 0 Å². The Kier molecular flexibility index (Phi) is 4.57. The summed E-state index contributed by atoms with van der Waals surface area (Å²) in [6.07, 6.45) is 7.56. The van der Waals surface area contributed by atoms with E-state index in [0.717, 1.165) is 44.3 Å². The van der Waals surface area contributed by atoms with Gasteiger partial charge in [-0.3, -0.25) is 4.98 Å². The molecule has 25 heavy (non-hydrogen) atoms. The summed E-state index contributed by atoms with van der Waals surface area (Å²) >= 11 is 0. The third kappa shape index (κ3) is 3.76. The highest BCUT2D eigenvalue weighted by atomic mass is 16.5. The van der Waals surface area contributed by atoms with Crippen molar-refractivity contribution in [2.75, 3.05) is 19.6 Å². The molecular formula is C20H25N3O2. The monoisotopic (exact) mass is 339 g/mol. The van der Waals surface area contributed by atoms with Gasteiger partial charge in [-0.25, -0.2) is 4.98 Å². The summed E-state index contributed by atoms with van der Waals surface area (Å²) in [4.78, 5) is 10.9. The lowest BCUT2D eigenvalue weighted by Crippen LogP contribution is -2.28. The van der Waals surface area contributed by atoms with Crippen LogP contribution in [-0.2, 0) is 0 Å². The lowest BCUT2D eigenvalue weighted by molar-refractivity contribution is 0.177. The first-order valence-corrected chi connectivity index (χ1v) is 9.11. The molecule has 5 heteroatoms. The van der Waals surface area contributed by atoms with E-state index in [-0.39, 0.29) is 6.10 Å². The number of hydrogen-bond acceptors (Lipinski definition) is 5. The third-order valence-corrected chi connectivity index (χ3v) is 5.60. The Bertz CT molecular complexity index is 678. The topological polar surface area (TPSA) is 58.5 Å². The smallest absolute Gasteiger partial charge is 0.232 e. The van der Waals surface area contributed by atoms with Crippen LogP contribution >= 0.6 is 0 Å². The van der Waals surface area contributed by atoms with Gasteiger partial charge in [-0.15, -0.1) is 0 Å². The number of likely N-dealkylation sites (tertiary alicyclic amines) is 1. The van der Waals surface area contributed by atoms with Crippen LogP contribution < -0.4 is 4.74 Å². The van der Waals surface area contributed by atoms with Gasteiger partial charge in [-0.05, 0) is 48.3 Å². The van der Waals surface area contributed by atoms with Gasteiger partial charge in [0.2, 0.25) is 5.88 Å². The van der Waals surface area contributed by atoms with Gasteiger partial charge in [-0.1, -0.05) is 19.1 Å². The number of benzene rings is 1. The van der Waals surface area contributed by atoms with Gasteiger partial charge in [0.1, 0.15) is 11.9 Å². The number of aromatic nitrogens is 2. The Morgan fingerprint density at radius 3 is 2.52 bits per heavy atom. The third-order valence-electron chi connectivity index (χ3n) is 5.60. The quantitative estimate of drug-likeness (QED) is 0.907. The number of ether oxygens (including phenoxy) is 1. The molecule has 1 aliphatic carbocycles. The normalized spacial score (nSPS) is 27.2. The van der Waals surface area contributed by atoms with E-state index in [1.807, 2.05) is 12.1 Å². The zero-order chi connectivity index (χ0) is 17.2. The van der Waals surface area contributed by atoms with E-state index >= 15 is 0 Å². The van der Waals surface area contributed by atoms with Gasteiger partial charge in [0, 0.05) is 32.0 Å². The standard InChI is InChI=1S/C20H25N3O2/c1-14(15-2-4-18(24)5-3-15)11-23-12-16-8-19(9-17(16)13-23)25-20-10-21-6-7-22-20/h2-7,10,14,16-17,19,24H,8-9,11-13H2,1H3/t14?,16-,17+,19?. The maximum atomic E-state index is 9.43. The summed E-state index contributed by atoms with van der Waals surface area (Å²) < 4.78 is 5.99. The molecule has 1 aromatic carbocycles. The number of fused-ring (bicyclic) bond motifs is 1. The molecule has 1 aromatic heterocycles. The molecule has 2 unspecified atom stereocenters. The lowest BCUT2D eigenvalue weighted by Gasteiger charge is -2.23. The minimum absolute atomic E-state index is 0.281. The van der Waals surface area contributed by atoms with E-state index in [1.54, 1.807) is 30.7 Å². The molecular weight excluding hydrogens is 314 g/mol. The summed E-state index contributed by atoms with van der Waals surface area (Å²) in [5.74, 6) is 2.92. The average Bonchev–Trinajstić information content (AvgIpc) is 3.14. The Balaban J connectivity index is 1.28. The molecule has 1 aliphatic heterocycles. The van der Waals surface area contributed by atoms with Crippen LogP contribution in [0.4, 0.5) is 0 Å². The molecule has 4 rings (SSSR count). The second-order valence-corrected chi connectivity index (χ2v) is 7.49. The molecule has 0 radical (unpaired) electrons. The van der Waals surface area contributed by atoms with Crippen molar-refractivity contribution >= 4 is 0 Å². The second kappa shape index (κ2) is 7.00. The molecule has 1 saturated heterocycles. The fourth-order valence-corrected chi connectivity index (χ4v) is 4.40. The van der Waals surface area contributed by atoms with Crippen molar-refractivity contribution < 1.29 is 9.84 Å². The van der Waals surface area contributed by atoms with Crippen molar-refractivity contribution in [2.45, 2.75) is 31.8 Å². The molecule has 2 heterocycles. The van der Waals surface area contributed by atoms with Crippen molar-refractivity contribution in [3.8, 4) is 11.6 Å². The summed E-state index contributed by atoms with van der Waals surface area (Å²) in [6.45, 7) is 5.66. The predicted octanol–water partition coefficient (Wildman–Crippen LogP) is 3.08. The fourth-order valence-electron chi connectivity index (χ4n) is 4.40. The second-order valence-electron chi connectivity index (χ2n) is 7.49. The highest BCUT2D eigenvalue weighted by molar-refractivity contribution is 5.28. The first-order valence-electron chi connectivity index (χ1n) is 9.11. The van der Waals surface area contributed by atoms with E-state index < -0.39 is 0 Å². The van der Waals surface area contributed by atoms with Crippen molar-refractivity contribution in [3.05, 3.63) is 48.4 Å². The molecule has 132 valence electrons. The number of nitrogens with zero attached hydrogens (tertiary/aromatic N) is 3. The Labute approximate surface area is 148 Å². The van der Waals surface area contributed by atoms with Crippen LogP contribution in [0.3, 0.4) is 0 Å². The highest BCUT2D eigenvalue weighted by Crippen LogP contribution is 2.40. The summed E-state index contributed by atoms with van der Waals surface area (Å²) in [5.41, 5.74) is 1.29. The predicted molar refractivity (Wildman–Crippen MR) is 95.6 cm³/mol. The van der Waals surface area contributed by atoms with Crippen LogP contribution in [0, 0.1) is 11.8 Å². The summed E-state index contributed by atoms with van der Waals surface area (Å²) in [5, 5.41) is 9.43. The minimum Gasteiger partial charge on any atom is -0.508 e. The maximum Gasteiger partial charge on any atom is 0.232 e. The molecule has 0 spiro atoms. The minimum atomic E-state index is 0.281. The lowest BCUT2D eigenvalue weighted by atomic mass is 10.0. The van der Waals surface area contributed by atoms with Crippen molar-refractivity contribution in [2.24, 2.45) is 11.8 Å². The summed E-state index contributed by atoms with van der Waals surface area (Å²) in [7, 11) is 0. The Morgan fingerprint density at radius 1 is 1.16 bits per heavy atom. The Morgan fingerprint density at radius 2 is 1.88 bits per heavy atom. The molecule has 1 saturated carbocycles. The maximum absolute atomic E-state index is 9.43. The van der Waals surface area contributed by atoms with E-state index in [9.17, 15) is 5.11 Å². The van der Waals surface area contributed by atoms with Gasteiger partial charge >= 0.3 is 0 Å². The van der Waals surface area contributed by atoms with Crippen LogP contribution in [0.1, 0.15) is 31.2 Å². The van der Waals surface area contributed by atoms with Crippen molar-refractivity contribution in [1.29, 1.82) is 0 Å². The zero-order valence-electron chi connectivity index (χ0n) is 14.6. The molecule has 0 bridgehead atoms. The first kappa shape index (κ1) is 16.3. The van der Waals surface area contributed by atoms with E-state index in [1.165, 1.54) is 5.56 Å². The zero-order valence-corrected chi connectivity index (χ0v) is 14.6. The van der Waals surface area contributed by atoms with Gasteiger partial charge in [-0.2, -0.15) is 0 Å². The molecule has 1 N–H and O–H groups in total. The SMILES string of the molecule is CC(CN1C[C@H]2CC(Oc3cnccn3)C[C@H]2C1)c1ccc(O)cc1. The largest absolute Gasteiger partial charge is 0.508 e. The molecule has 0 amide bonds. The number of rotatable bonds is 5. The van der Waals surface area contributed by atoms with Crippen LogP contribution in [0.2, 0.25) is 0 Å². The van der Waals surface area contributed by atoms with Gasteiger partial charge < -0.3 is 14.7 Å². The van der Waals surface area contributed by atoms with Crippen LogP contribution in [0.15, 0.2) is 42.9 Å². The molecule has 2 aliphatic rings. The van der Waals surface area contributed by atoms with Crippen LogP contribution in [0.25, 0.3) is 0 Å². The molecule has 4 atom stereocenters. The average molecular weight is 339 g/mol. The number of aromatic hydroxyl groups is 1. The van der Waals surface area contributed by atoms with Gasteiger partial charge in [0.05, 0.1) is 6.20 Å². The van der Waals surface area contributed by atoms with E-state index in [2.05, 4.69) is 21.8 Å². The number of phenols is 1.